The molecule has 0 aromatic carbocycles. The lowest BCUT2D eigenvalue weighted by atomic mass is 10.4. The largest absolute Gasteiger partial charge is 0.345 e. The molecule has 0 bridgehead atoms. The van der Waals surface area contributed by atoms with E-state index < -0.39 is 10.0 Å². The molecule has 1 aliphatic heterocycles. The predicted octanol–water partition coefficient (Wildman–Crippen LogP) is 1.00. The Labute approximate surface area is 134 Å². The highest BCUT2D eigenvalue weighted by molar-refractivity contribution is 7.89. The third-order valence-electron chi connectivity index (χ3n) is 3.92. The number of piperazine rings is 1. The maximum atomic E-state index is 12.7. The summed E-state index contributed by atoms with van der Waals surface area (Å²) in [5, 5.41) is 7.01. The van der Waals surface area contributed by atoms with Crippen LogP contribution in [0.25, 0.3) is 0 Å². The number of aryl methyl sites for hydroxylation is 2. The first-order valence-corrected chi connectivity index (χ1v) is 9.37. The summed E-state index contributed by atoms with van der Waals surface area (Å²) in [4.78, 5) is 6.90. The van der Waals surface area contributed by atoms with E-state index >= 15 is 0 Å². The van der Waals surface area contributed by atoms with Gasteiger partial charge in [0.1, 0.15) is 4.90 Å². The Balaban J connectivity index is 1.74. The van der Waals surface area contributed by atoms with Gasteiger partial charge in [0.25, 0.3) is 0 Å². The van der Waals surface area contributed by atoms with Crippen LogP contribution in [0.5, 0.6) is 0 Å². The van der Waals surface area contributed by atoms with Crippen LogP contribution >= 0.6 is 11.3 Å². The zero-order valence-electron chi connectivity index (χ0n) is 12.9. The van der Waals surface area contributed by atoms with E-state index in [4.69, 9.17) is 0 Å². The van der Waals surface area contributed by atoms with Gasteiger partial charge in [0.2, 0.25) is 10.0 Å². The Morgan fingerprint density at radius 2 is 1.86 bits per heavy atom. The van der Waals surface area contributed by atoms with Gasteiger partial charge < -0.3 is 4.90 Å². The fraction of sp³-hybridized carbons (Fsp3) is 0.538. The molecule has 0 amide bonds. The Bertz CT molecular complexity index is 772. The summed E-state index contributed by atoms with van der Waals surface area (Å²) in [7, 11) is -1.72. The summed E-state index contributed by atoms with van der Waals surface area (Å²) in [6.07, 6.45) is 1.43. The Kier molecular flexibility index (Phi) is 3.96. The van der Waals surface area contributed by atoms with Crippen molar-refractivity contribution in [2.24, 2.45) is 7.05 Å². The highest BCUT2D eigenvalue weighted by atomic mass is 32.2. The van der Waals surface area contributed by atoms with Crippen LogP contribution in [0, 0.1) is 13.8 Å². The van der Waals surface area contributed by atoms with Crippen molar-refractivity contribution in [3.63, 3.8) is 0 Å². The minimum absolute atomic E-state index is 0.300. The van der Waals surface area contributed by atoms with E-state index in [-0.39, 0.29) is 0 Å². The fourth-order valence-electron chi connectivity index (χ4n) is 2.48. The van der Waals surface area contributed by atoms with Gasteiger partial charge in [0.15, 0.2) is 5.13 Å². The minimum atomic E-state index is -3.47. The van der Waals surface area contributed by atoms with Crippen LogP contribution in [0.15, 0.2) is 16.5 Å². The smallest absolute Gasteiger partial charge is 0.246 e. The molecule has 0 spiro atoms. The molecular weight excluding hydrogens is 322 g/mol. The zero-order valence-corrected chi connectivity index (χ0v) is 14.5. The number of hydrogen-bond acceptors (Lipinski definition) is 6. The fourth-order valence-corrected chi connectivity index (χ4v) is 4.94. The summed E-state index contributed by atoms with van der Waals surface area (Å²) < 4.78 is 28.5. The molecule has 22 heavy (non-hydrogen) atoms. The molecule has 120 valence electrons. The average molecular weight is 341 g/mol. The van der Waals surface area contributed by atoms with Crippen molar-refractivity contribution in [3.05, 3.63) is 23.0 Å². The lowest BCUT2D eigenvalue weighted by Gasteiger charge is -2.33. The molecule has 3 rings (SSSR count). The van der Waals surface area contributed by atoms with Crippen molar-refractivity contribution in [3.8, 4) is 0 Å². The molecule has 7 nitrogen and oxygen atoms in total. The van der Waals surface area contributed by atoms with E-state index in [0.29, 0.717) is 36.8 Å². The van der Waals surface area contributed by atoms with Gasteiger partial charge in [-0.1, -0.05) is 0 Å². The first kappa shape index (κ1) is 15.4. The Morgan fingerprint density at radius 3 is 2.36 bits per heavy atom. The van der Waals surface area contributed by atoms with Crippen molar-refractivity contribution >= 4 is 26.5 Å². The van der Waals surface area contributed by atoms with Gasteiger partial charge in [0, 0.05) is 38.6 Å². The van der Waals surface area contributed by atoms with E-state index in [9.17, 15) is 8.42 Å². The molecule has 3 heterocycles. The molecular formula is C13H19N5O2S2. The summed E-state index contributed by atoms with van der Waals surface area (Å²) in [5.41, 5.74) is 1.67. The van der Waals surface area contributed by atoms with Crippen molar-refractivity contribution in [1.29, 1.82) is 0 Å². The van der Waals surface area contributed by atoms with E-state index in [1.54, 1.807) is 30.0 Å². The van der Waals surface area contributed by atoms with Crippen molar-refractivity contribution < 1.29 is 8.42 Å². The summed E-state index contributed by atoms with van der Waals surface area (Å²) >= 11 is 1.60. The molecule has 0 radical (unpaired) electrons. The number of nitrogens with zero attached hydrogens (tertiary/aromatic N) is 5. The molecule has 1 aliphatic rings. The normalized spacial score (nSPS) is 17.1. The lowest BCUT2D eigenvalue weighted by Crippen LogP contribution is -2.48. The van der Waals surface area contributed by atoms with Crippen LogP contribution in [-0.2, 0) is 17.1 Å². The lowest BCUT2D eigenvalue weighted by molar-refractivity contribution is 0.384. The third kappa shape index (κ3) is 2.64. The number of anilines is 1. The monoisotopic (exact) mass is 341 g/mol. The van der Waals surface area contributed by atoms with E-state index in [2.05, 4.69) is 15.0 Å². The third-order valence-corrected chi connectivity index (χ3v) is 6.94. The second-order valence-electron chi connectivity index (χ2n) is 5.38. The first-order valence-electron chi connectivity index (χ1n) is 7.05. The van der Waals surface area contributed by atoms with Crippen LogP contribution in [-0.4, -0.2) is 53.7 Å². The van der Waals surface area contributed by atoms with Gasteiger partial charge >= 0.3 is 0 Å². The highest BCUT2D eigenvalue weighted by Crippen LogP contribution is 2.24. The van der Waals surface area contributed by atoms with Crippen LogP contribution < -0.4 is 4.90 Å². The van der Waals surface area contributed by atoms with Crippen LogP contribution in [0.1, 0.15) is 11.4 Å². The highest BCUT2D eigenvalue weighted by Gasteiger charge is 2.31. The predicted molar refractivity (Wildman–Crippen MR) is 85.8 cm³/mol. The van der Waals surface area contributed by atoms with Crippen LogP contribution in [0.2, 0.25) is 0 Å². The Morgan fingerprint density at radius 1 is 1.18 bits per heavy atom. The van der Waals surface area contributed by atoms with Crippen molar-refractivity contribution in [2.45, 2.75) is 18.7 Å². The second kappa shape index (κ2) is 5.64. The quantitative estimate of drug-likeness (QED) is 0.833. The van der Waals surface area contributed by atoms with Crippen molar-refractivity contribution in [2.75, 3.05) is 31.1 Å². The molecule has 1 saturated heterocycles. The van der Waals surface area contributed by atoms with Gasteiger partial charge in [-0.3, -0.25) is 4.68 Å². The molecule has 2 aromatic rings. The van der Waals surface area contributed by atoms with Gasteiger partial charge in [0.05, 0.1) is 17.6 Å². The summed E-state index contributed by atoms with van der Waals surface area (Å²) in [5.74, 6) is 0. The standard InChI is InChI=1S/C13H19N5O2S2/c1-10-9-21-13(15-10)17-4-6-18(7-5-17)22(19,20)12-8-14-16(3)11(12)2/h8-9H,4-7H2,1-3H3. The number of hydrogen-bond donors (Lipinski definition) is 0. The molecule has 9 heteroatoms. The van der Waals surface area contributed by atoms with Crippen LogP contribution in [0.4, 0.5) is 5.13 Å². The van der Waals surface area contributed by atoms with E-state index in [1.807, 2.05) is 12.3 Å². The molecule has 0 unspecified atom stereocenters. The number of rotatable bonds is 3. The number of aromatic nitrogens is 3. The first-order chi connectivity index (χ1) is 10.4. The van der Waals surface area contributed by atoms with Gasteiger partial charge in [-0.25, -0.2) is 13.4 Å². The zero-order chi connectivity index (χ0) is 15.9. The summed E-state index contributed by atoms with van der Waals surface area (Å²) in [6.45, 7) is 5.99. The SMILES string of the molecule is Cc1csc(N2CCN(S(=O)(=O)c3cnn(C)c3C)CC2)n1. The van der Waals surface area contributed by atoms with Gasteiger partial charge in [-0.15, -0.1) is 11.3 Å². The van der Waals surface area contributed by atoms with Gasteiger partial charge in [-0.2, -0.15) is 9.40 Å². The molecule has 0 N–H and O–H groups in total. The number of sulfonamides is 1. The average Bonchev–Trinajstić information content (AvgIpc) is 3.07. The second-order valence-corrected chi connectivity index (χ2v) is 8.12. The van der Waals surface area contributed by atoms with Gasteiger partial charge in [-0.05, 0) is 13.8 Å². The maximum Gasteiger partial charge on any atom is 0.246 e. The topological polar surface area (TPSA) is 71.3 Å². The van der Waals surface area contributed by atoms with E-state index in [1.165, 1.54) is 10.5 Å². The maximum absolute atomic E-state index is 12.7. The summed E-state index contributed by atoms with van der Waals surface area (Å²) in [6, 6.07) is 0. The molecule has 2 aromatic heterocycles. The van der Waals surface area contributed by atoms with E-state index in [0.717, 1.165) is 10.8 Å². The minimum Gasteiger partial charge on any atom is -0.345 e. The molecule has 0 atom stereocenters. The number of thiazole rings is 1. The molecule has 1 fully saturated rings. The Hall–Kier alpha value is -1.45. The molecule has 0 aliphatic carbocycles. The van der Waals surface area contributed by atoms with Crippen LogP contribution in [0.3, 0.4) is 0 Å². The molecule has 0 saturated carbocycles. The van der Waals surface area contributed by atoms with Crippen molar-refractivity contribution in [1.82, 2.24) is 19.1 Å².